The number of aliphatic hydroxyl groups is 1. The summed E-state index contributed by atoms with van der Waals surface area (Å²) in [7, 11) is 0. The average molecular weight is 291 g/mol. The largest absolute Gasteiger partial charge is 0.464 e. The number of ether oxygens (including phenoxy) is 1. The lowest BCUT2D eigenvalue weighted by molar-refractivity contribution is -0.172. The van der Waals surface area contributed by atoms with E-state index in [9.17, 15) is 9.90 Å². The minimum absolute atomic E-state index is 0.189. The highest BCUT2D eigenvalue weighted by atomic mass is 16.5. The fraction of sp³-hybridized carbons (Fsp3) is 0.588. The highest BCUT2D eigenvalue weighted by Gasteiger charge is 2.44. The van der Waals surface area contributed by atoms with Gasteiger partial charge in [-0.2, -0.15) is 0 Å². The van der Waals surface area contributed by atoms with E-state index in [4.69, 9.17) is 4.74 Å². The number of carbonyl (C=O) groups excluding carboxylic acids is 1. The third-order valence-electron chi connectivity index (χ3n) is 4.18. The van der Waals surface area contributed by atoms with E-state index in [1.807, 2.05) is 18.2 Å². The van der Waals surface area contributed by atoms with E-state index in [0.29, 0.717) is 6.61 Å². The molecule has 0 unspecified atom stereocenters. The predicted molar refractivity (Wildman–Crippen MR) is 81.7 cm³/mol. The molecule has 2 atom stereocenters. The van der Waals surface area contributed by atoms with Crippen molar-refractivity contribution in [3.8, 4) is 0 Å². The Kier molecular flexibility index (Phi) is 5.37. The van der Waals surface area contributed by atoms with Crippen LogP contribution in [0.15, 0.2) is 30.3 Å². The topological polar surface area (TPSA) is 49.8 Å². The molecule has 0 bridgehead atoms. The van der Waals surface area contributed by atoms with Gasteiger partial charge in [-0.25, -0.2) is 4.79 Å². The number of nitrogens with zero attached hydrogens (tertiary/aromatic N) is 1. The predicted octanol–water partition coefficient (Wildman–Crippen LogP) is 2.36. The maximum Gasteiger partial charge on any atom is 0.339 e. The molecule has 4 heteroatoms. The molecule has 1 N–H and O–H groups in total. The first kappa shape index (κ1) is 16.0. The van der Waals surface area contributed by atoms with E-state index in [-0.39, 0.29) is 6.04 Å². The lowest BCUT2D eigenvalue weighted by Gasteiger charge is -2.42. The van der Waals surface area contributed by atoms with Crippen LogP contribution in [0.3, 0.4) is 0 Å². The Morgan fingerprint density at radius 3 is 2.76 bits per heavy atom. The van der Waals surface area contributed by atoms with Gasteiger partial charge in [-0.3, -0.25) is 4.90 Å². The average Bonchev–Trinajstić information content (AvgIpc) is 2.49. The molecule has 0 aromatic heterocycles. The molecule has 1 aromatic carbocycles. The summed E-state index contributed by atoms with van der Waals surface area (Å²) in [5.74, 6) is -0.519. The van der Waals surface area contributed by atoms with Crippen molar-refractivity contribution in [2.45, 2.75) is 51.3 Å². The van der Waals surface area contributed by atoms with Crippen molar-refractivity contribution in [1.82, 2.24) is 4.90 Å². The fourth-order valence-electron chi connectivity index (χ4n) is 3.05. The van der Waals surface area contributed by atoms with Crippen LogP contribution in [-0.2, 0) is 16.1 Å². The van der Waals surface area contributed by atoms with Crippen molar-refractivity contribution in [2.24, 2.45) is 0 Å². The molecule has 1 aromatic rings. The third-order valence-corrected chi connectivity index (χ3v) is 4.18. The van der Waals surface area contributed by atoms with Crippen LogP contribution in [0.25, 0.3) is 0 Å². The quantitative estimate of drug-likeness (QED) is 0.846. The van der Waals surface area contributed by atoms with E-state index in [2.05, 4.69) is 17.0 Å². The maximum atomic E-state index is 12.1. The van der Waals surface area contributed by atoms with Gasteiger partial charge in [0.15, 0.2) is 5.60 Å². The van der Waals surface area contributed by atoms with Crippen molar-refractivity contribution in [2.75, 3.05) is 13.2 Å². The van der Waals surface area contributed by atoms with Gasteiger partial charge in [0.25, 0.3) is 0 Å². The molecule has 0 spiro atoms. The number of esters is 1. The van der Waals surface area contributed by atoms with Gasteiger partial charge in [0.2, 0.25) is 0 Å². The third kappa shape index (κ3) is 3.83. The minimum atomic E-state index is -1.45. The first-order chi connectivity index (χ1) is 10.1. The normalized spacial score (nSPS) is 22.5. The Morgan fingerprint density at radius 2 is 2.10 bits per heavy atom. The van der Waals surface area contributed by atoms with Gasteiger partial charge in [-0.1, -0.05) is 36.8 Å². The monoisotopic (exact) mass is 291 g/mol. The maximum absolute atomic E-state index is 12.1. The Labute approximate surface area is 126 Å². The Balaban J connectivity index is 2.13. The highest BCUT2D eigenvalue weighted by molar-refractivity contribution is 5.79. The minimum Gasteiger partial charge on any atom is -0.464 e. The SMILES string of the molecule is CCOC(=O)[C@](C)(O)[C@@H]1CCCCN1Cc1ccccc1. The van der Waals surface area contributed by atoms with Crippen LogP contribution >= 0.6 is 0 Å². The second-order valence-corrected chi connectivity index (χ2v) is 5.84. The first-order valence-corrected chi connectivity index (χ1v) is 7.73. The van der Waals surface area contributed by atoms with Crippen molar-refractivity contribution in [1.29, 1.82) is 0 Å². The highest BCUT2D eigenvalue weighted by Crippen LogP contribution is 2.28. The molecule has 4 nitrogen and oxygen atoms in total. The van der Waals surface area contributed by atoms with Gasteiger partial charge in [-0.15, -0.1) is 0 Å². The summed E-state index contributed by atoms with van der Waals surface area (Å²) < 4.78 is 5.04. The van der Waals surface area contributed by atoms with Crippen molar-refractivity contribution >= 4 is 5.97 Å². The molecule has 21 heavy (non-hydrogen) atoms. The van der Waals surface area contributed by atoms with Gasteiger partial charge >= 0.3 is 5.97 Å². The summed E-state index contributed by atoms with van der Waals surface area (Å²) in [6.45, 7) is 5.28. The van der Waals surface area contributed by atoms with E-state index in [1.54, 1.807) is 13.8 Å². The lowest BCUT2D eigenvalue weighted by Crippen LogP contribution is -2.57. The molecule has 0 radical (unpaired) electrons. The van der Waals surface area contributed by atoms with E-state index in [0.717, 1.165) is 32.4 Å². The van der Waals surface area contributed by atoms with E-state index < -0.39 is 11.6 Å². The van der Waals surface area contributed by atoms with Crippen LogP contribution in [0, 0.1) is 0 Å². The summed E-state index contributed by atoms with van der Waals surface area (Å²) >= 11 is 0. The number of carbonyl (C=O) groups is 1. The summed E-state index contributed by atoms with van der Waals surface area (Å²) in [6.07, 6.45) is 2.95. The molecule has 0 amide bonds. The van der Waals surface area contributed by atoms with Gasteiger partial charge < -0.3 is 9.84 Å². The molecule has 1 heterocycles. The van der Waals surface area contributed by atoms with Crippen LogP contribution in [0.4, 0.5) is 0 Å². The molecule has 1 aliphatic heterocycles. The van der Waals surface area contributed by atoms with Crippen LogP contribution in [0.5, 0.6) is 0 Å². The Morgan fingerprint density at radius 1 is 1.38 bits per heavy atom. The molecule has 0 aliphatic carbocycles. The number of piperidine rings is 1. The zero-order valence-electron chi connectivity index (χ0n) is 12.9. The lowest BCUT2D eigenvalue weighted by atomic mass is 9.87. The molecule has 116 valence electrons. The van der Waals surface area contributed by atoms with Gasteiger partial charge in [-0.05, 0) is 38.8 Å². The van der Waals surface area contributed by atoms with E-state index >= 15 is 0 Å². The van der Waals surface area contributed by atoms with Gasteiger partial charge in [0, 0.05) is 12.6 Å². The number of hydrogen-bond donors (Lipinski definition) is 1. The van der Waals surface area contributed by atoms with Crippen LogP contribution < -0.4 is 0 Å². The summed E-state index contributed by atoms with van der Waals surface area (Å²) in [4.78, 5) is 14.3. The molecule has 1 fully saturated rings. The van der Waals surface area contributed by atoms with Crippen molar-refractivity contribution < 1.29 is 14.6 Å². The van der Waals surface area contributed by atoms with Crippen LogP contribution in [0.1, 0.15) is 38.7 Å². The summed E-state index contributed by atoms with van der Waals surface area (Å²) in [5.41, 5.74) is -0.255. The number of likely N-dealkylation sites (tertiary alicyclic amines) is 1. The smallest absolute Gasteiger partial charge is 0.339 e. The summed E-state index contributed by atoms with van der Waals surface area (Å²) in [5, 5.41) is 10.7. The second kappa shape index (κ2) is 7.05. The van der Waals surface area contributed by atoms with E-state index in [1.165, 1.54) is 5.56 Å². The number of rotatable bonds is 5. The summed E-state index contributed by atoms with van der Waals surface area (Å²) in [6, 6.07) is 9.97. The Bertz CT molecular complexity index is 458. The van der Waals surface area contributed by atoms with Crippen molar-refractivity contribution in [3.63, 3.8) is 0 Å². The second-order valence-electron chi connectivity index (χ2n) is 5.84. The van der Waals surface area contributed by atoms with Gasteiger partial charge in [0.1, 0.15) is 0 Å². The van der Waals surface area contributed by atoms with Crippen LogP contribution in [-0.4, -0.2) is 40.8 Å². The molecule has 0 saturated carbocycles. The number of benzene rings is 1. The molecular formula is C17H25NO3. The Hall–Kier alpha value is -1.39. The molecule has 1 saturated heterocycles. The first-order valence-electron chi connectivity index (χ1n) is 7.73. The molecule has 2 rings (SSSR count). The number of hydrogen-bond acceptors (Lipinski definition) is 4. The standard InChI is InChI=1S/C17H25NO3/c1-3-21-16(19)17(2,20)15-11-7-8-12-18(15)13-14-9-5-4-6-10-14/h4-6,9-10,15,20H,3,7-8,11-13H2,1-2H3/t15-,17+/m0/s1. The van der Waals surface area contributed by atoms with Crippen molar-refractivity contribution in [3.05, 3.63) is 35.9 Å². The van der Waals surface area contributed by atoms with Crippen LogP contribution in [0.2, 0.25) is 0 Å². The molecule has 1 aliphatic rings. The van der Waals surface area contributed by atoms with Gasteiger partial charge in [0.05, 0.1) is 6.61 Å². The fourth-order valence-corrected chi connectivity index (χ4v) is 3.05. The zero-order chi connectivity index (χ0) is 15.3. The molecular weight excluding hydrogens is 266 g/mol. The zero-order valence-corrected chi connectivity index (χ0v) is 12.9.